The van der Waals surface area contributed by atoms with E-state index in [2.05, 4.69) is 4.98 Å². The second-order valence-electron chi connectivity index (χ2n) is 4.00. The van der Waals surface area contributed by atoms with Crippen molar-refractivity contribution in [3.63, 3.8) is 0 Å². The van der Waals surface area contributed by atoms with Crippen molar-refractivity contribution in [2.75, 3.05) is 5.73 Å². The minimum absolute atomic E-state index is 0.0676. The molecule has 2 aromatic rings. The van der Waals surface area contributed by atoms with Gasteiger partial charge in [0, 0.05) is 24.5 Å². The third-order valence-corrected chi connectivity index (χ3v) is 2.53. The summed E-state index contributed by atoms with van der Waals surface area (Å²) in [5.41, 5.74) is 8.24. The fourth-order valence-corrected chi connectivity index (χ4v) is 1.56. The van der Waals surface area contributed by atoms with Gasteiger partial charge < -0.3 is 5.73 Å². The second kappa shape index (κ2) is 5.77. The van der Waals surface area contributed by atoms with Crippen LogP contribution in [0.5, 0.6) is 0 Å². The molecular formula is C15H14N2O. The fraction of sp³-hybridized carbons (Fsp3) is 0.0667. The number of carbonyl (C=O) groups is 1. The summed E-state index contributed by atoms with van der Waals surface area (Å²) >= 11 is 0. The van der Waals surface area contributed by atoms with E-state index in [1.807, 2.05) is 36.4 Å². The maximum Gasteiger partial charge on any atom is 0.160 e. The van der Waals surface area contributed by atoms with Gasteiger partial charge in [0.2, 0.25) is 0 Å². The SMILES string of the molecule is Nc1ccc(/C=C/C(=O)Cc2ccncc2)cc1. The van der Waals surface area contributed by atoms with E-state index in [4.69, 9.17) is 5.73 Å². The number of hydrogen-bond donors (Lipinski definition) is 1. The summed E-state index contributed by atoms with van der Waals surface area (Å²) < 4.78 is 0. The number of nitrogens with zero attached hydrogens (tertiary/aromatic N) is 1. The van der Waals surface area contributed by atoms with Crippen LogP contribution in [0.2, 0.25) is 0 Å². The molecule has 1 aromatic heterocycles. The Morgan fingerprint density at radius 2 is 1.78 bits per heavy atom. The van der Waals surface area contributed by atoms with Gasteiger partial charge in [0.25, 0.3) is 0 Å². The van der Waals surface area contributed by atoms with Crippen LogP contribution in [-0.4, -0.2) is 10.8 Å². The zero-order valence-corrected chi connectivity index (χ0v) is 9.91. The summed E-state index contributed by atoms with van der Waals surface area (Å²) in [5.74, 6) is 0.0676. The number of rotatable bonds is 4. The molecule has 0 unspecified atom stereocenters. The van der Waals surface area contributed by atoms with Gasteiger partial charge >= 0.3 is 0 Å². The lowest BCUT2D eigenvalue weighted by Crippen LogP contribution is -1.98. The summed E-state index contributed by atoms with van der Waals surface area (Å²) in [6.45, 7) is 0. The highest BCUT2D eigenvalue weighted by atomic mass is 16.1. The Hall–Kier alpha value is -2.42. The number of hydrogen-bond acceptors (Lipinski definition) is 3. The highest BCUT2D eigenvalue weighted by Gasteiger charge is 1.98. The Bertz CT molecular complexity index is 544. The van der Waals surface area contributed by atoms with Gasteiger partial charge in [-0.15, -0.1) is 0 Å². The van der Waals surface area contributed by atoms with Crippen molar-refractivity contribution in [2.45, 2.75) is 6.42 Å². The summed E-state index contributed by atoms with van der Waals surface area (Å²) in [6.07, 6.45) is 7.15. The maximum atomic E-state index is 11.7. The Balaban J connectivity index is 1.97. The van der Waals surface area contributed by atoms with E-state index >= 15 is 0 Å². The minimum Gasteiger partial charge on any atom is -0.399 e. The molecule has 0 fully saturated rings. The average molecular weight is 238 g/mol. The molecule has 2 rings (SSSR count). The number of carbonyl (C=O) groups excluding carboxylic acids is 1. The Kier molecular flexibility index (Phi) is 3.86. The molecule has 1 aromatic carbocycles. The zero-order valence-electron chi connectivity index (χ0n) is 9.91. The molecule has 0 radical (unpaired) electrons. The Morgan fingerprint density at radius 3 is 2.44 bits per heavy atom. The van der Waals surface area contributed by atoms with Gasteiger partial charge in [-0.1, -0.05) is 18.2 Å². The van der Waals surface area contributed by atoms with Gasteiger partial charge in [-0.2, -0.15) is 0 Å². The molecule has 18 heavy (non-hydrogen) atoms. The van der Waals surface area contributed by atoms with Gasteiger partial charge in [0.15, 0.2) is 5.78 Å². The lowest BCUT2D eigenvalue weighted by Gasteiger charge is -1.97. The second-order valence-corrected chi connectivity index (χ2v) is 4.00. The number of nitrogen functional groups attached to an aromatic ring is 1. The number of aromatic nitrogens is 1. The normalized spacial score (nSPS) is 10.7. The van der Waals surface area contributed by atoms with Crippen LogP contribution in [0.4, 0.5) is 5.69 Å². The van der Waals surface area contributed by atoms with Crippen LogP contribution in [0, 0.1) is 0 Å². The first-order valence-corrected chi connectivity index (χ1v) is 5.69. The van der Waals surface area contributed by atoms with Gasteiger partial charge in [-0.05, 0) is 41.5 Å². The minimum atomic E-state index is 0.0676. The molecule has 0 atom stereocenters. The Morgan fingerprint density at radius 1 is 1.11 bits per heavy atom. The smallest absolute Gasteiger partial charge is 0.160 e. The zero-order chi connectivity index (χ0) is 12.8. The largest absolute Gasteiger partial charge is 0.399 e. The van der Waals surface area contributed by atoms with Gasteiger partial charge in [0.05, 0.1) is 0 Å². The van der Waals surface area contributed by atoms with Crippen molar-refractivity contribution in [3.8, 4) is 0 Å². The van der Waals surface area contributed by atoms with E-state index in [0.29, 0.717) is 6.42 Å². The van der Waals surface area contributed by atoms with Crippen molar-refractivity contribution >= 4 is 17.5 Å². The van der Waals surface area contributed by atoms with Gasteiger partial charge in [0.1, 0.15) is 0 Å². The summed E-state index contributed by atoms with van der Waals surface area (Å²) in [6, 6.07) is 11.1. The predicted molar refractivity (Wildman–Crippen MR) is 72.8 cm³/mol. The maximum absolute atomic E-state index is 11.7. The van der Waals surface area contributed by atoms with Crippen LogP contribution >= 0.6 is 0 Å². The molecular weight excluding hydrogens is 224 g/mol. The summed E-state index contributed by atoms with van der Waals surface area (Å²) in [7, 11) is 0. The quantitative estimate of drug-likeness (QED) is 0.657. The molecule has 2 N–H and O–H groups in total. The van der Waals surface area contributed by atoms with Crippen LogP contribution in [-0.2, 0) is 11.2 Å². The highest BCUT2D eigenvalue weighted by molar-refractivity contribution is 5.95. The molecule has 0 amide bonds. The first-order chi connectivity index (χ1) is 8.74. The van der Waals surface area contributed by atoms with Crippen LogP contribution in [0.25, 0.3) is 6.08 Å². The van der Waals surface area contributed by atoms with Gasteiger partial charge in [-0.25, -0.2) is 0 Å². The van der Waals surface area contributed by atoms with Crippen LogP contribution < -0.4 is 5.73 Å². The molecule has 0 saturated heterocycles. The number of allylic oxidation sites excluding steroid dienone is 1. The predicted octanol–water partition coefficient (Wildman–Crippen LogP) is 2.49. The molecule has 1 heterocycles. The third-order valence-electron chi connectivity index (χ3n) is 2.53. The van der Waals surface area contributed by atoms with Crippen LogP contribution in [0.3, 0.4) is 0 Å². The van der Waals surface area contributed by atoms with E-state index in [0.717, 1.165) is 16.8 Å². The topological polar surface area (TPSA) is 56.0 Å². The summed E-state index contributed by atoms with van der Waals surface area (Å²) in [4.78, 5) is 15.6. The number of nitrogens with two attached hydrogens (primary N) is 1. The number of ketones is 1. The van der Waals surface area contributed by atoms with Crippen molar-refractivity contribution in [1.29, 1.82) is 0 Å². The van der Waals surface area contributed by atoms with Crippen molar-refractivity contribution in [1.82, 2.24) is 4.98 Å². The molecule has 0 aliphatic heterocycles. The van der Waals surface area contributed by atoms with E-state index in [-0.39, 0.29) is 5.78 Å². The summed E-state index contributed by atoms with van der Waals surface area (Å²) in [5, 5.41) is 0. The van der Waals surface area contributed by atoms with Crippen LogP contribution in [0.1, 0.15) is 11.1 Å². The van der Waals surface area contributed by atoms with Gasteiger partial charge in [-0.3, -0.25) is 9.78 Å². The average Bonchev–Trinajstić information content (AvgIpc) is 2.39. The van der Waals surface area contributed by atoms with Crippen molar-refractivity contribution < 1.29 is 4.79 Å². The Labute approximate surface area is 106 Å². The molecule has 90 valence electrons. The number of pyridine rings is 1. The van der Waals surface area contributed by atoms with E-state index < -0.39 is 0 Å². The third kappa shape index (κ3) is 3.56. The first kappa shape index (κ1) is 12.0. The molecule has 0 spiro atoms. The standard InChI is InChI=1S/C15H14N2O/c16-14-4-1-12(2-5-14)3-6-15(18)11-13-7-9-17-10-8-13/h1-10H,11,16H2/b6-3+. The molecule has 3 heteroatoms. The lowest BCUT2D eigenvalue weighted by atomic mass is 10.1. The molecule has 0 saturated carbocycles. The first-order valence-electron chi connectivity index (χ1n) is 5.69. The van der Waals surface area contributed by atoms with Crippen molar-refractivity contribution in [3.05, 3.63) is 66.0 Å². The number of anilines is 1. The van der Waals surface area contributed by atoms with E-state index in [9.17, 15) is 4.79 Å². The van der Waals surface area contributed by atoms with E-state index in [1.165, 1.54) is 0 Å². The lowest BCUT2D eigenvalue weighted by molar-refractivity contribution is -0.113. The molecule has 0 aliphatic rings. The highest BCUT2D eigenvalue weighted by Crippen LogP contribution is 2.07. The van der Waals surface area contributed by atoms with Crippen molar-refractivity contribution in [2.24, 2.45) is 0 Å². The fourth-order valence-electron chi connectivity index (χ4n) is 1.56. The molecule has 0 bridgehead atoms. The number of benzene rings is 1. The van der Waals surface area contributed by atoms with Crippen LogP contribution in [0.15, 0.2) is 54.9 Å². The molecule has 3 nitrogen and oxygen atoms in total. The molecule has 0 aliphatic carbocycles. The van der Waals surface area contributed by atoms with E-state index in [1.54, 1.807) is 24.5 Å². The monoisotopic (exact) mass is 238 g/mol.